The number of carbonyl (C=O) groups excluding carboxylic acids is 2. The van der Waals surface area contributed by atoms with Gasteiger partial charge in [-0.15, -0.1) is 0 Å². The van der Waals surface area contributed by atoms with Gasteiger partial charge < -0.3 is 5.11 Å². The summed E-state index contributed by atoms with van der Waals surface area (Å²) in [5.74, 6) is 0.167. The topological polar surface area (TPSA) is 85.6 Å². The first-order valence-corrected chi connectivity index (χ1v) is 10.3. The molecule has 0 aromatic rings. The summed E-state index contributed by atoms with van der Waals surface area (Å²) in [6, 6.07) is -0.292. The van der Waals surface area contributed by atoms with Crippen molar-refractivity contribution in [3.8, 4) is 0 Å². The molecular formula is C20H30N4O3. The van der Waals surface area contributed by atoms with E-state index in [9.17, 15) is 14.7 Å². The van der Waals surface area contributed by atoms with Crippen molar-refractivity contribution < 1.29 is 14.7 Å². The van der Waals surface area contributed by atoms with E-state index in [2.05, 4.69) is 4.99 Å². The van der Waals surface area contributed by atoms with Crippen LogP contribution in [0.3, 0.4) is 0 Å². The predicted molar refractivity (Wildman–Crippen MR) is 103 cm³/mol. The molecule has 2 unspecified atom stereocenters. The Morgan fingerprint density at radius 3 is 2.44 bits per heavy atom. The van der Waals surface area contributed by atoms with Crippen LogP contribution in [0.1, 0.15) is 65.7 Å². The zero-order chi connectivity index (χ0) is 19.4. The smallest absolute Gasteiger partial charge is 0.329 e. The third-order valence-corrected chi connectivity index (χ3v) is 7.30. The fraction of sp³-hybridized carbons (Fsp3) is 0.800. The molecule has 2 atom stereocenters. The molecule has 7 nitrogen and oxygen atoms in total. The lowest BCUT2D eigenvalue weighted by Crippen LogP contribution is -2.79. The van der Waals surface area contributed by atoms with E-state index in [1.807, 2.05) is 20.8 Å². The molecule has 5 aliphatic rings. The minimum Gasteiger partial charge on any atom is -0.389 e. The SMILES string of the molecule is CCCN1C(=O)C2=NC=NC2(C23CCC(CC2)CC3(C)O)N(CCC)C1=O. The summed E-state index contributed by atoms with van der Waals surface area (Å²) >= 11 is 0. The van der Waals surface area contributed by atoms with Crippen LogP contribution in [0.2, 0.25) is 0 Å². The summed E-state index contributed by atoms with van der Waals surface area (Å²) in [7, 11) is 0. The second-order valence-electron chi connectivity index (χ2n) is 8.79. The van der Waals surface area contributed by atoms with Crippen LogP contribution in [0.4, 0.5) is 4.79 Å². The van der Waals surface area contributed by atoms with E-state index in [4.69, 9.17) is 4.99 Å². The minimum atomic E-state index is -1.17. The third kappa shape index (κ3) is 2.18. The summed E-state index contributed by atoms with van der Waals surface area (Å²) in [6.07, 6.45) is 7.10. The Morgan fingerprint density at radius 2 is 1.85 bits per heavy atom. The number of nitrogens with zero attached hydrogens (tertiary/aromatic N) is 4. The molecule has 3 saturated carbocycles. The van der Waals surface area contributed by atoms with Crippen molar-refractivity contribution >= 4 is 24.0 Å². The van der Waals surface area contributed by atoms with Crippen LogP contribution >= 0.6 is 0 Å². The highest BCUT2D eigenvalue weighted by molar-refractivity contribution is 6.48. The Kier molecular flexibility index (Phi) is 4.22. The molecule has 0 radical (unpaired) electrons. The molecule has 4 fully saturated rings. The standard InChI is InChI=1S/C20H30N4O3/c1-4-10-23-16(25)15-20(22-13-21-15,24(11-5-2)17(23)26)19-8-6-14(7-9-19)12-18(19,3)27/h13-14,27H,4-12H2,1-3H3. The molecule has 2 bridgehead atoms. The van der Waals surface area contributed by atoms with Gasteiger partial charge in [0.2, 0.25) is 0 Å². The van der Waals surface area contributed by atoms with Crippen molar-refractivity contribution in [2.75, 3.05) is 13.1 Å². The van der Waals surface area contributed by atoms with Gasteiger partial charge in [0.15, 0.2) is 11.4 Å². The van der Waals surface area contributed by atoms with E-state index < -0.39 is 16.7 Å². The van der Waals surface area contributed by atoms with E-state index in [1.54, 1.807) is 4.90 Å². The van der Waals surface area contributed by atoms with Crippen LogP contribution in [-0.4, -0.2) is 63.2 Å². The molecule has 2 heterocycles. The van der Waals surface area contributed by atoms with Crippen LogP contribution in [-0.2, 0) is 4.79 Å². The molecule has 1 N–H and O–H groups in total. The van der Waals surface area contributed by atoms with Crippen LogP contribution in [0.25, 0.3) is 0 Å². The van der Waals surface area contributed by atoms with Crippen LogP contribution in [0.5, 0.6) is 0 Å². The first-order valence-electron chi connectivity index (χ1n) is 10.3. The minimum absolute atomic E-state index is 0.292. The van der Waals surface area contributed by atoms with Crippen molar-refractivity contribution in [1.29, 1.82) is 0 Å². The van der Waals surface area contributed by atoms with E-state index in [-0.39, 0.29) is 11.9 Å². The molecule has 0 aromatic carbocycles. The summed E-state index contributed by atoms with van der Waals surface area (Å²) in [5.41, 5.74) is -2.50. The van der Waals surface area contributed by atoms with Gasteiger partial charge in [-0.05, 0) is 57.8 Å². The highest BCUT2D eigenvalue weighted by atomic mass is 16.3. The molecule has 3 aliphatic carbocycles. The number of hydrogen-bond acceptors (Lipinski definition) is 5. The molecule has 2 aliphatic heterocycles. The first kappa shape index (κ1) is 18.6. The monoisotopic (exact) mass is 374 g/mol. The molecule has 148 valence electrons. The van der Waals surface area contributed by atoms with Crippen molar-refractivity contribution in [3.63, 3.8) is 0 Å². The maximum absolute atomic E-state index is 13.4. The normalized spacial score (nSPS) is 40.6. The Labute approximate surface area is 160 Å². The average molecular weight is 374 g/mol. The maximum Gasteiger partial charge on any atom is 0.329 e. The van der Waals surface area contributed by atoms with Gasteiger partial charge in [0, 0.05) is 18.5 Å². The highest BCUT2D eigenvalue weighted by Gasteiger charge is 2.73. The fourth-order valence-electron chi connectivity index (χ4n) is 6.13. The molecule has 3 amide bonds. The molecule has 0 aromatic heterocycles. The summed E-state index contributed by atoms with van der Waals surface area (Å²) < 4.78 is 0. The van der Waals surface area contributed by atoms with Crippen molar-refractivity contribution in [2.45, 2.75) is 77.0 Å². The number of carbonyl (C=O) groups is 2. The average Bonchev–Trinajstić information content (AvgIpc) is 3.09. The van der Waals surface area contributed by atoms with Crippen LogP contribution in [0, 0.1) is 11.3 Å². The third-order valence-electron chi connectivity index (χ3n) is 7.30. The number of aliphatic hydroxyl groups is 1. The quantitative estimate of drug-likeness (QED) is 0.802. The predicted octanol–water partition coefficient (Wildman–Crippen LogP) is 2.58. The Balaban J connectivity index is 1.90. The second kappa shape index (κ2) is 6.12. The Bertz CT molecular complexity index is 721. The van der Waals surface area contributed by atoms with Gasteiger partial charge in [0.05, 0.1) is 5.60 Å². The van der Waals surface area contributed by atoms with Gasteiger partial charge in [-0.1, -0.05) is 13.8 Å². The van der Waals surface area contributed by atoms with Crippen molar-refractivity contribution in [3.05, 3.63) is 0 Å². The first-order chi connectivity index (χ1) is 12.8. The zero-order valence-electron chi connectivity index (χ0n) is 16.6. The number of amides is 3. The Morgan fingerprint density at radius 1 is 1.19 bits per heavy atom. The van der Waals surface area contributed by atoms with Gasteiger partial charge in [0.25, 0.3) is 5.91 Å². The molecular weight excluding hydrogens is 344 g/mol. The number of rotatable bonds is 5. The van der Waals surface area contributed by atoms with Crippen molar-refractivity contribution in [2.24, 2.45) is 21.3 Å². The van der Waals surface area contributed by atoms with Gasteiger partial charge in [-0.3, -0.25) is 14.6 Å². The number of fused-ring (bicyclic) bond motifs is 4. The zero-order valence-corrected chi connectivity index (χ0v) is 16.6. The Hall–Kier alpha value is -1.76. The number of hydrogen-bond donors (Lipinski definition) is 1. The lowest BCUT2D eigenvalue weighted by atomic mass is 9.47. The van der Waals surface area contributed by atoms with Crippen molar-refractivity contribution in [1.82, 2.24) is 9.80 Å². The highest BCUT2D eigenvalue weighted by Crippen LogP contribution is 2.64. The molecule has 27 heavy (non-hydrogen) atoms. The van der Waals surface area contributed by atoms with Crippen LogP contribution in [0.15, 0.2) is 9.98 Å². The molecule has 5 rings (SSSR count). The molecule has 0 spiro atoms. The van der Waals surface area contributed by atoms with Crippen LogP contribution < -0.4 is 0 Å². The molecule has 1 saturated heterocycles. The van der Waals surface area contributed by atoms with Gasteiger partial charge in [0.1, 0.15) is 6.34 Å². The van der Waals surface area contributed by atoms with E-state index in [0.29, 0.717) is 37.6 Å². The summed E-state index contributed by atoms with van der Waals surface area (Å²) in [4.78, 5) is 38.9. The number of urea groups is 1. The van der Waals surface area contributed by atoms with Gasteiger partial charge >= 0.3 is 6.03 Å². The van der Waals surface area contributed by atoms with Gasteiger partial charge in [-0.2, -0.15) is 0 Å². The van der Waals surface area contributed by atoms with E-state index >= 15 is 0 Å². The number of aliphatic imine (C=N–C) groups is 2. The molecule has 7 heteroatoms. The largest absolute Gasteiger partial charge is 0.389 e. The summed E-state index contributed by atoms with van der Waals surface area (Å²) in [5, 5.41) is 11.5. The van der Waals surface area contributed by atoms with Gasteiger partial charge in [-0.25, -0.2) is 14.8 Å². The summed E-state index contributed by atoms with van der Waals surface area (Å²) in [6.45, 7) is 6.70. The number of imide groups is 1. The van der Waals surface area contributed by atoms with E-state index in [0.717, 1.165) is 32.1 Å². The van der Waals surface area contributed by atoms with E-state index in [1.165, 1.54) is 11.2 Å². The second-order valence-corrected chi connectivity index (χ2v) is 8.79. The lowest BCUT2D eigenvalue weighted by Gasteiger charge is -2.65. The lowest BCUT2D eigenvalue weighted by molar-refractivity contribution is -0.196. The maximum atomic E-state index is 13.4. The fourth-order valence-corrected chi connectivity index (χ4v) is 6.13.